The molecule has 19 heavy (non-hydrogen) atoms. The van der Waals surface area contributed by atoms with Gasteiger partial charge in [-0.3, -0.25) is 9.48 Å². The number of carbonyl (C=O) groups excluding carboxylic acids is 1. The highest BCUT2D eigenvalue weighted by atomic mass is 16.5. The third kappa shape index (κ3) is 3.35. The lowest BCUT2D eigenvalue weighted by atomic mass is 10.2. The molecule has 2 fully saturated rings. The Morgan fingerprint density at radius 3 is 3.00 bits per heavy atom. The van der Waals surface area contributed by atoms with Crippen LogP contribution in [0.25, 0.3) is 0 Å². The van der Waals surface area contributed by atoms with E-state index in [0.29, 0.717) is 5.92 Å². The second-order valence-electron chi connectivity index (χ2n) is 5.57. The van der Waals surface area contributed by atoms with Gasteiger partial charge in [0.25, 0.3) is 0 Å². The molecule has 0 aromatic carbocycles. The highest BCUT2D eigenvalue weighted by Gasteiger charge is 2.29. The zero-order valence-corrected chi connectivity index (χ0v) is 11.2. The van der Waals surface area contributed by atoms with Crippen molar-refractivity contribution in [3.63, 3.8) is 0 Å². The predicted molar refractivity (Wildman–Crippen MR) is 70.5 cm³/mol. The fourth-order valence-corrected chi connectivity index (χ4v) is 2.66. The lowest BCUT2D eigenvalue weighted by Crippen LogP contribution is -2.40. The Balaban J connectivity index is 1.48. The first-order chi connectivity index (χ1) is 9.33. The van der Waals surface area contributed by atoms with Crippen molar-refractivity contribution in [1.82, 2.24) is 14.7 Å². The summed E-state index contributed by atoms with van der Waals surface area (Å²) in [5.41, 5.74) is 0. The summed E-state index contributed by atoms with van der Waals surface area (Å²) in [4.78, 5) is 14.1. The van der Waals surface area contributed by atoms with Crippen LogP contribution in [0.5, 0.6) is 0 Å². The van der Waals surface area contributed by atoms with Crippen LogP contribution < -0.4 is 0 Å². The minimum absolute atomic E-state index is 0.135. The van der Waals surface area contributed by atoms with E-state index in [0.717, 1.165) is 32.5 Å². The predicted octanol–water partition coefficient (Wildman–Crippen LogP) is 1.30. The summed E-state index contributed by atoms with van der Waals surface area (Å²) in [6, 6.07) is 2.19. The first-order valence-corrected chi connectivity index (χ1v) is 7.17. The number of carbonyl (C=O) groups is 1. The van der Waals surface area contributed by atoms with Gasteiger partial charge in [0.2, 0.25) is 5.91 Å². The van der Waals surface area contributed by atoms with E-state index in [4.69, 9.17) is 4.74 Å². The van der Waals surface area contributed by atoms with E-state index in [1.165, 1.54) is 12.8 Å². The number of rotatable bonds is 6. The van der Waals surface area contributed by atoms with Gasteiger partial charge in [0.15, 0.2) is 0 Å². The number of hydrogen-bond donors (Lipinski definition) is 0. The molecule has 0 unspecified atom stereocenters. The summed E-state index contributed by atoms with van der Waals surface area (Å²) in [6.07, 6.45) is 8.40. The lowest BCUT2D eigenvalue weighted by molar-refractivity contribution is -0.137. The normalized spacial score (nSPS) is 22.9. The SMILES string of the molecule is O=C(COCC1CC1)N1CCC[C@H]1Cn1cccn1. The highest BCUT2D eigenvalue weighted by molar-refractivity contribution is 5.78. The summed E-state index contributed by atoms with van der Waals surface area (Å²) >= 11 is 0. The smallest absolute Gasteiger partial charge is 0.248 e. The Hall–Kier alpha value is -1.36. The van der Waals surface area contributed by atoms with Gasteiger partial charge in [0, 0.05) is 18.9 Å². The van der Waals surface area contributed by atoms with Crippen molar-refractivity contribution in [2.24, 2.45) is 5.92 Å². The molecule has 1 aromatic heterocycles. The summed E-state index contributed by atoms with van der Waals surface area (Å²) in [5.74, 6) is 0.849. The molecule has 1 amide bonds. The van der Waals surface area contributed by atoms with Gasteiger partial charge in [-0.25, -0.2) is 0 Å². The van der Waals surface area contributed by atoms with E-state index in [1.54, 1.807) is 6.20 Å². The molecular formula is C14H21N3O2. The summed E-state index contributed by atoms with van der Waals surface area (Å²) in [5, 5.41) is 4.21. The van der Waals surface area contributed by atoms with Gasteiger partial charge in [0.1, 0.15) is 6.61 Å². The number of aromatic nitrogens is 2. The molecule has 0 spiro atoms. The molecule has 3 rings (SSSR count). The fourth-order valence-electron chi connectivity index (χ4n) is 2.66. The summed E-state index contributed by atoms with van der Waals surface area (Å²) in [6.45, 7) is 2.65. The Kier molecular flexibility index (Phi) is 3.82. The molecule has 1 aromatic rings. The van der Waals surface area contributed by atoms with Crippen LogP contribution >= 0.6 is 0 Å². The van der Waals surface area contributed by atoms with Gasteiger partial charge in [-0.2, -0.15) is 5.10 Å². The molecule has 2 aliphatic rings. The molecule has 2 heterocycles. The first-order valence-electron chi connectivity index (χ1n) is 7.17. The molecule has 5 heteroatoms. The first kappa shape index (κ1) is 12.7. The fraction of sp³-hybridized carbons (Fsp3) is 0.714. The van der Waals surface area contributed by atoms with Crippen molar-refractivity contribution in [3.8, 4) is 0 Å². The monoisotopic (exact) mass is 263 g/mol. The van der Waals surface area contributed by atoms with Crippen molar-refractivity contribution < 1.29 is 9.53 Å². The van der Waals surface area contributed by atoms with Gasteiger partial charge in [-0.05, 0) is 37.7 Å². The molecular weight excluding hydrogens is 242 g/mol. The van der Waals surface area contributed by atoms with Gasteiger partial charge in [-0.1, -0.05) is 0 Å². The minimum atomic E-state index is 0.135. The van der Waals surface area contributed by atoms with Crippen LogP contribution in [0.1, 0.15) is 25.7 Å². The Bertz CT molecular complexity index is 414. The van der Waals surface area contributed by atoms with Crippen molar-refractivity contribution in [3.05, 3.63) is 18.5 Å². The maximum absolute atomic E-state index is 12.2. The van der Waals surface area contributed by atoms with Crippen molar-refractivity contribution in [2.45, 2.75) is 38.3 Å². The van der Waals surface area contributed by atoms with Crippen LogP contribution in [0.4, 0.5) is 0 Å². The quantitative estimate of drug-likeness (QED) is 0.777. The Labute approximate surface area is 113 Å². The van der Waals surface area contributed by atoms with Crippen LogP contribution in [0, 0.1) is 5.92 Å². The zero-order valence-electron chi connectivity index (χ0n) is 11.2. The van der Waals surface area contributed by atoms with Gasteiger partial charge >= 0.3 is 0 Å². The average Bonchev–Trinajstić information content (AvgIpc) is 2.91. The molecule has 104 valence electrons. The largest absolute Gasteiger partial charge is 0.371 e. The van der Waals surface area contributed by atoms with Crippen LogP contribution in [-0.2, 0) is 16.1 Å². The second kappa shape index (κ2) is 5.74. The van der Waals surface area contributed by atoms with Crippen molar-refractivity contribution >= 4 is 5.91 Å². The maximum Gasteiger partial charge on any atom is 0.248 e. The molecule has 1 aliphatic heterocycles. The molecule has 0 bridgehead atoms. The zero-order chi connectivity index (χ0) is 13.1. The van der Waals surface area contributed by atoms with Gasteiger partial charge in [0.05, 0.1) is 19.2 Å². The molecule has 1 saturated carbocycles. The number of nitrogens with zero attached hydrogens (tertiary/aromatic N) is 3. The van der Waals surface area contributed by atoms with Crippen LogP contribution in [0.2, 0.25) is 0 Å². The van der Waals surface area contributed by atoms with Crippen LogP contribution in [-0.4, -0.2) is 46.4 Å². The van der Waals surface area contributed by atoms with Crippen molar-refractivity contribution in [1.29, 1.82) is 0 Å². The Morgan fingerprint density at radius 2 is 2.26 bits per heavy atom. The highest BCUT2D eigenvalue weighted by Crippen LogP contribution is 2.28. The van der Waals surface area contributed by atoms with Crippen molar-refractivity contribution in [2.75, 3.05) is 19.8 Å². The number of likely N-dealkylation sites (tertiary alicyclic amines) is 1. The average molecular weight is 263 g/mol. The van der Waals surface area contributed by atoms with E-state index in [-0.39, 0.29) is 18.6 Å². The molecule has 5 nitrogen and oxygen atoms in total. The third-order valence-electron chi connectivity index (χ3n) is 3.93. The van der Waals surface area contributed by atoms with Crippen LogP contribution in [0.3, 0.4) is 0 Å². The molecule has 0 N–H and O–H groups in total. The van der Waals surface area contributed by atoms with E-state index in [2.05, 4.69) is 5.10 Å². The number of amides is 1. The molecule has 0 radical (unpaired) electrons. The van der Waals surface area contributed by atoms with E-state index in [9.17, 15) is 4.79 Å². The van der Waals surface area contributed by atoms with Crippen LogP contribution in [0.15, 0.2) is 18.5 Å². The molecule has 1 saturated heterocycles. The van der Waals surface area contributed by atoms with E-state index >= 15 is 0 Å². The number of ether oxygens (including phenoxy) is 1. The van der Waals surface area contributed by atoms with E-state index in [1.807, 2.05) is 21.8 Å². The maximum atomic E-state index is 12.2. The van der Waals surface area contributed by atoms with E-state index < -0.39 is 0 Å². The molecule has 1 aliphatic carbocycles. The van der Waals surface area contributed by atoms with Gasteiger partial charge < -0.3 is 9.64 Å². The number of hydrogen-bond acceptors (Lipinski definition) is 3. The standard InChI is InChI=1S/C14H21N3O2/c18-14(11-19-10-12-4-5-12)17-8-1-3-13(17)9-16-7-2-6-15-16/h2,6-7,12-13H,1,3-5,8-11H2/t13-/m0/s1. The minimum Gasteiger partial charge on any atom is -0.371 e. The summed E-state index contributed by atoms with van der Waals surface area (Å²) in [7, 11) is 0. The van der Waals surface area contributed by atoms with Gasteiger partial charge in [-0.15, -0.1) is 0 Å². The Morgan fingerprint density at radius 1 is 1.37 bits per heavy atom. The second-order valence-corrected chi connectivity index (χ2v) is 5.57. The lowest BCUT2D eigenvalue weighted by Gasteiger charge is -2.24. The topological polar surface area (TPSA) is 47.4 Å². The third-order valence-corrected chi connectivity index (χ3v) is 3.93. The molecule has 1 atom stereocenters. The summed E-state index contributed by atoms with van der Waals surface area (Å²) < 4.78 is 7.41.